The van der Waals surface area contributed by atoms with Gasteiger partial charge in [-0.3, -0.25) is 19.1 Å². The molecule has 26 heavy (non-hydrogen) atoms. The van der Waals surface area contributed by atoms with Crippen LogP contribution in [0.1, 0.15) is 17.8 Å². The Balaban J connectivity index is 1.66. The highest BCUT2D eigenvalue weighted by Crippen LogP contribution is 2.20. The second-order valence-corrected chi connectivity index (χ2v) is 5.97. The normalized spacial score (nSPS) is 11.0. The van der Waals surface area contributed by atoms with Crippen LogP contribution in [0.3, 0.4) is 0 Å². The molecule has 2 N–H and O–H groups in total. The van der Waals surface area contributed by atoms with Crippen LogP contribution in [0.4, 0.5) is 4.39 Å². The van der Waals surface area contributed by atoms with Crippen molar-refractivity contribution in [2.24, 2.45) is 7.05 Å². The number of fused-ring (bicyclic) bond motifs is 1. The van der Waals surface area contributed by atoms with Crippen molar-refractivity contribution >= 4 is 28.7 Å². The molecule has 0 fully saturated rings. The standard InChI is InChI=1S/C16H14ClFN4O4/c1-22-14-13(15(24)21-16(22)25)19-11(20-14)5-6-12(23)26-7-8-9(17)3-2-4-10(8)18/h2-4H,5-7H2,1H3,(H,19,20)(H,21,24,25). The number of carbonyl (C=O) groups excluding carboxylic acids is 1. The second kappa shape index (κ2) is 7.12. The summed E-state index contributed by atoms with van der Waals surface area (Å²) < 4.78 is 19.8. The van der Waals surface area contributed by atoms with E-state index in [-0.39, 0.29) is 41.2 Å². The van der Waals surface area contributed by atoms with Crippen LogP contribution in [0.15, 0.2) is 27.8 Å². The number of imidazole rings is 1. The monoisotopic (exact) mass is 380 g/mol. The lowest BCUT2D eigenvalue weighted by atomic mass is 10.2. The van der Waals surface area contributed by atoms with Crippen molar-refractivity contribution in [1.29, 1.82) is 0 Å². The first-order chi connectivity index (χ1) is 12.4. The molecular formula is C16H14ClFN4O4. The van der Waals surface area contributed by atoms with Crippen LogP contribution >= 0.6 is 11.6 Å². The zero-order valence-corrected chi connectivity index (χ0v) is 14.4. The molecule has 0 saturated carbocycles. The van der Waals surface area contributed by atoms with Gasteiger partial charge in [0.2, 0.25) is 0 Å². The van der Waals surface area contributed by atoms with Gasteiger partial charge in [0.05, 0.1) is 11.4 Å². The van der Waals surface area contributed by atoms with E-state index in [4.69, 9.17) is 16.3 Å². The van der Waals surface area contributed by atoms with Gasteiger partial charge in [0.25, 0.3) is 5.56 Å². The zero-order chi connectivity index (χ0) is 18.8. The van der Waals surface area contributed by atoms with E-state index in [9.17, 15) is 18.8 Å². The number of rotatable bonds is 5. The quantitative estimate of drug-likeness (QED) is 0.650. The van der Waals surface area contributed by atoms with Gasteiger partial charge in [-0.25, -0.2) is 14.2 Å². The third kappa shape index (κ3) is 3.52. The van der Waals surface area contributed by atoms with Gasteiger partial charge >= 0.3 is 11.7 Å². The number of halogens is 2. The van der Waals surface area contributed by atoms with Gasteiger partial charge in [-0.1, -0.05) is 17.7 Å². The van der Waals surface area contributed by atoms with Gasteiger partial charge in [0, 0.05) is 19.0 Å². The van der Waals surface area contributed by atoms with E-state index >= 15 is 0 Å². The highest BCUT2D eigenvalue weighted by atomic mass is 35.5. The molecule has 136 valence electrons. The molecule has 1 aromatic carbocycles. The molecule has 0 atom stereocenters. The first kappa shape index (κ1) is 17.9. The molecule has 0 saturated heterocycles. The number of esters is 1. The fourth-order valence-corrected chi connectivity index (χ4v) is 2.60. The van der Waals surface area contributed by atoms with Crippen molar-refractivity contribution in [2.75, 3.05) is 0 Å². The van der Waals surface area contributed by atoms with Crippen LogP contribution < -0.4 is 11.2 Å². The summed E-state index contributed by atoms with van der Waals surface area (Å²) in [5, 5.41) is 0.176. The van der Waals surface area contributed by atoms with E-state index in [1.807, 2.05) is 0 Å². The predicted octanol–water partition coefficient (Wildman–Crippen LogP) is 1.42. The SMILES string of the molecule is Cn1c(=O)[nH]c(=O)c2[nH]c(CCC(=O)OCc3c(F)cccc3Cl)nc21. The van der Waals surface area contributed by atoms with Crippen LogP contribution in [-0.2, 0) is 29.6 Å². The lowest BCUT2D eigenvalue weighted by molar-refractivity contribution is -0.145. The van der Waals surface area contributed by atoms with Gasteiger partial charge in [0.1, 0.15) is 23.8 Å². The number of hydrogen-bond donors (Lipinski definition) is 2. The minimum absolute atomic E-state index is 0.0439. The average molecular weight is 381 g/mol. The van der Waals surface area contributed by atoms with Gasteiger partial charge in [-0.2, -0.15) is 0 Å². The summed E-state index contributed by atoms with van der Waals surface area (Å²) >= 11 is 5.87. The number of carbonyl (C=O) groups is 1. The Morgan fingerprint density at radius 2 is 2.12 bits per heavy atom. The Hall–Kier alpha value is -2.94. The summed E-state index contributed by atoms with van der Waals surface area (Å²) in [6, 6.07) is 4.19. The summed E-state index contributed by atoms with van der Waals surface area (Å²) in [6.45, 7) is -0.279. The van der Waals surface area contributed by atoms with Crippen LogP contribution in [-0.4, -0.2) is 25.5 Å². The van der Waals surface area contributed by atoms with Crippen molar-refractivity contribution in [3.05, 3.63) is 61.3 Å². The number of benzene rings is 1. The average Bonchev–Trinajstić information content (AvgIpc) is 3.03. The Kier molecular flexibility index (Phi) is 4.90. The zero-order valence-electron chi connectivity index (χ0n) is 13.6. The predicted molar refractivity (Wildman–Crippen MR) is 91.5 cm³/mol. The molecule has 0 aliphatic heterocycles. The summed E-state index contributed by atoms with van der Waals surface area (Å²) in [6.07, 6.45) is 0.115. The maximum absolute atomic E-state index is 13.6. The molecule has 0 amide bonds. The fraction of sp³-hybridized carbons (Fsp3) is 0.250. The van der Waals surface area contributed by atoms with Crippen LogP contribution in [0, 0.1) is 5.82 Å². The number of nitrogens with one attached hydrogen (secondary N) is 2. The number of aromatic nitrogens is 4. The summed E-state index contributed by atoms with van der Waals surface area (Å²) in [7, 11) is 1.47. The lowest BCUT2D eigenvalue weighted by Crippen LogP contribution is -2.28. The second-order valence-electron chi connectivity index (χ2n) is 5.56. The summed E-state index contributed by atoms with van der Waals surface area (Å²) in [5.41, 5.74) is -0.720. The molecule has 2 heterocycles. The fourth-order valence-electron chi connectivity index (χ4n) is 2.39. The van der Waals surface area contributed by atoms with Crippen molar-refractivity contribution in [3.63, 3.8) is 0 Å². The number of H-pyrrole nitrogens is 2. The van der Waals surface area contributed by atoms with Crippen LogP contribution in [0.25, 0.3) is 11.2 Å². The lowest BCUT2D eigenvalue weighted by Gasteiger charge is -2.07. The van der Waals surface area contributed by atoms with Crippen LogP contribution in [0.2, 0.25) is 5.02 Å². The third-order valence-corrected chi connectivity index (χ3v) is 4.16. The Morgan fingerprint density at radius 1 is 1.35 bits per heavy atom. The van der Waals surface area contributed by atoms with E-state index in [1.165, 1.54) is 29.8 Å². The van der Waals surface area contributed by atoms with Gasteiger partial charge in [-0.05, 0) is 12.1 Å². The molecule has 0 aliphatic rings. The molecule has 8 nitrogen and oxygen atoms in total. The maximum Gasteiger partial charge on any atom is 0.329 e. The highest BCUT2D eigenvalue weighted by Gasteiger charge is 2.14. The smallest absolute Gasteiger partial charge is 0.329 e. The largest absolute Gasteiger partial charge is 0.461 e. The van der Waals surface area contributed by atoms with Gasteiger partial charge < -0.3 is 9.72 Å². The first-order valence-corrected chi connectivity index (χ1v) is 8.01. The molecule has 0 unspecified atom stereocenters. The Morgan fingerprint density at radius 3 is 2.85 bits per heavy atom. The van der Waals surface area contributed by atoms with Crippen molar-refractivity contribution in [1.82, 2.24) is 19.5 Å². The van der Waals surface area contributed by atoms with E-state index in [2.05, 4.69) is 15.0 Å². The molecule has 3 aromatic rings. The first-order valence-electron chi connectivity index (χ1n) is 7.63. The molecule has 0 spiro atoms. The van der Waals surface area contributed by atoms with Gasteiger partial charge in [-0.15, -0.1) is 0 Å². The summed E-state index contributed by atoms with van der Waals surface area (Å²) in [5.74, 6) is -0.775. The highest BCUT2D eigenvalue weighted by molar-refractivity contribution is 6.31. The van der Waals surface area contributed by atoms with E-state index in [0.29, 0.717) is 5.82 Å². The number of hydrogen-bond acceptors (Lipinski definition) is 5. The number of aryl methyl sites for hydroxylation is 2. The number of aromatic amines is 2. The molecule has 0 radical (unpaired) electrons. The van der Waals surface area contributed by atoms with E-state index in [0.717, 1.165) is 0 Å². The molecule has 10 heteroatoms. The third-order valence-electron chi connectivity index (χ3n) is 3.81. The number of nitrogens with zero attached hydrogens (tertiary/aromatic N) is 2. The van der Waals surface area contributed by atoms with Crippen LogP contribution in [0.5, 0.6) is 0 Å². The minimum atomic E-state index is -0.585. The molecule has 3 rings (SSSR count). The Labute approximate surface area is 150 Å². The maximum atomic E-state index is 13.6. The van der Waals surface area contributed by atoms with E-state index < -0.39 is 23.0 Å². The van der Waals surface area contributed by atoms with Crippen molar-refractivity contribution in [3.8, 4) is 0 Å². The van der Waals surface area contributed by atoms with Crippen molar-refractivity contribution < 1.29 is 13.9 Å². The number of ether oxygens (including phenoxy) is 1. The van der Waals surface area contributed by atoms with E-state index in [1.54, 1.807) is 0 Å². The van der Waals surface area contributed by atoms with Gasteiger partial charge in [0.15, 0.2) is 5.65 Å². The molecule has 2 aromatic heterocycles. The molecule has 0 aliphatic carbocycles. The molecule has 0 bridgehead atoms. The summed E-state index contributed by atoms with van der Waals surface area (Å²) in [4.78, 5) is 44.2. The topological polar surface area (TPSA) is 110 Å². The van der Waals surface area contributed by atoms with Crippen molar-refractivity contribution in [2.45, 2.75) is 19.4 Å². The minimum Gasteiger partial charge on any atom is -0.461 e. The Bertz CT molecular complexity index is 1080. The molecular weight excluding hydrogens is 367 g/mol.